The van der Waals surface area contributed by atoms with Gasteiger partial charge < -0.3 is 10.1 Å². The third-order valence-corrected chi connectivity index (χ3v) is 8.49. The predicted molar refractivity (Wildman–Crippen MR) is 95.4 cm³/mol. The smallest absolute Gasteiger partial charge is 0.262 e. The maximum Gasteiger partial charge on any atom is 0.262 e. The standard InChI is InChI=1S/C14H18ClN3O6S2/c1-2-25(20,21)17-3-5-18(6-4-17)26(22,23)13-8-12-11(7-10(13)15)16-14(19)9-24-12/h7-8H,2-6,9H2,1H3,(H,16,19). The van der Waals surface area contributed by atoms with Crippen LogP contribution in [0.25, 0.3) is 0 Å². The quantitative estimate of drug-likeness (QED) is 0.746. The van der Waals surface area contributed by atoms with Gasteiger partial charge in [-0.05, 0) is 13.0 Å². The van der Waals surface area contributed by atoms with Gasteiger partial charge in [0.15, 0.2) is 6.61 Å². The van der Waals surface area contributed by atoms with Crippen molar-refractivity contribution in [1.29, 1.82) is 0 Å². The molecule has 1 saturated heterocycles. The number of rotatable bonds is 4. The molecule has 0 spiro atoms. The minimum Gasteiger partial charge on any atom is -0.482 e. The number of benzene rings is 1. The molecule has 1 fully saturated rings. The number of piperazine rings is 1. The summed E-state index contributed by atoms with van der Waals surface area (Å²) in [6, 6.07) is 2.61. The Morgan fingerprint density at radius 3 is 2.35 bits per heavy atom. The molecule has 2 aliphatic rings. The van der Waals surface area contributed by atoms with Gasteiger partial charge in [-0.3, -0.25) is 4.79 Å². The highest BCUT2D eigenvalue weighted by Crippen LogP contribution is 2.37. The normalized spacial score (nSPS) is 19.5. The Kier molecular flexibility index (Phi) is 5.19. The number of halogens is 1. The lowest BCUT2D eigenvalue weighted by atomic mass is 10.2. The van der Waals surface area contributed by atoms with Crippen molar-refractivity contribution in [1.82, 2.24) is 8.61 Å². The number of ether oxygens (including phenoxy) is 1. The van der Waals surface area contributed by atoms with Crippen LogP contribution in [0.3, 0.4) is 0 Å². The van der Waals surface area contributed by atoms with Crippen LogP contribution in [-0.4, -0.2) is 69.9 Å². The topological polar surface area (TPSA) is 113 Å². The maximum absolute atomic E-state index is 12.9. The van der Waals surface area contributed by atoms with E-state index >= 15 is 0 Å². The molecule has 1 N–H and O–H groups in total. The Hall–Kier alpha value is -1.40. The van der Waals surface area contributed by atoms with Crippen molar-refractivity contribution in [3.63, 3.8) is 0 Å². The van der Waals surface area contributed by atoms with E-state index in [1.165, 1.54) is 20.7 Å². The lowest BCUT2D eigenvalue weighted by Gasteiger charge is -2.33. The summed E-state index contributed by atoms with van der Waals surface area (Å²) in [4.78, 5) is 11.2. The van der Waals surface area contributed by atoms with Gasteiger partial charge in [-0.1, -0.05) is 11.6 Å². The van der Waals surface area contributed by atoms with Crippen molar-refractivity contribution < 1.29 is 26.4 Å². The van der Waals surface area contributed by atoms with Crippen LogP contribution in [0, 0.1) is 0 Å². The Morgan fingerprint density at radius 2 is 1.73 bits per heavy atom. The fraction of sp³-hybridized carbons (Fsp3) is 0.500. The van der Waals surface area contributed by atoms with E-state index in [0.717, 1.165) is 0 Å². The van der Waals surface area contributed by atoms with Crippen molar-refractivity contribution >= 4 is 43.2 Å². The Morgan fingerprint density at radius 1 is 1.12 bits per heavy atom. The lowest BCUT2D eigenvalue weighted by molar-refractivity contribution is -0.118. The summed E-state index contributed by atoms with van der Waals surface area (Å²) < 4.78 is 57.4. The molecule has 0 aliphatic carbocycles. The summed E-state index contributed by atoms with van der Waals surface area (Å²) in [6.45, 7) is 1.58. The number of amides is 1. The number of fused-ring (bicyclic) bond motifs is 1. The zero-order chi connectivity index (χ0) is 19.1. The van der Waals surface area contributed by atoms with Gasteiger partial charge in [0.2, 0.25) is 20.0 Å². The molecular weight excluding hydrogens is 406 g/mol. The lowest BCUT2D eigenvalue weighted by Crippen LogP contribution is -2.50. The molecular formula is C14H18ClN3O6S2. The molecule has 1 aromatic rings. The van der Waals surface area contributed by atoms with E-state index in [1.54, 1.807) is 6.92 Å². The van der Waals surface area contributed by atoms with Crippen molar-refractivity contribution in [2.45, 2.75) is 11.8 Å². The number of anilines is 1. The fourth-order valence-corrected chi connectivity index (χ4v) is 5.81. The third-order valence-electron chi connectivity index (χ3n) is 4.24. The van der Waals surface area contributed by atoms with E-state index in [1.807, 2.05) is 0 Å². The third kappa shape index (κ3) is 3.54. The molecule has 1 amide bonds. The molecule has 0 atom stereocenters. The molecule has 0 radical (unpaired) electrons. The summed E-state index contributed by atoms with van der Waals surface area (Å²) in [5, 5.41) is 2.51. The molecule has 9 nitrogen and oxygen atoms in total. The summed E-state index contributed by atoms with van der Waals surface area (Å²) in [5.74, 6) is -0.156. The van der Waals surface area contributed by atoms with Gasteiger partial charge >= 0.3 is 0 Å². The van der Waals surface area contributed by atoms with Crippen LogP contribution in [0.15, 0.2) is 17.0 Å². The van der Waals surface area contributed by atoms with E-state index in [9.17, 15) is 21.6 Å². The van der Waals surface area contributed by atoms with Crippen molar-refractivity contribution in [2.24, 2.45) is 0 Å². The fourth-order valence-electron chi connectivity index (χ4n) is 2.79. The van der Waals surface area contributed by atoms with Gasteiger partial charge in [0.1, 0.15) is 10.6 Å². The molecule has 12 heteroatoms. The van der Waals surface area contributed by atoms with E-state index < -0.39 is 20.0 Å². The predicted octanol–water partition coefficient (Wildman–Crippen LogP) is 0.327. The first-order chi connectivity index (χ1) is 12.1. The largest absolute Gasteiger partial charge is 0.482 e. The summed E-state index contributed by atoms with van der Waals surface area (Å²) in [7, 11) is -7.28. The van der Waals surface area contributed by atoms with E-state index in [-0.39, 0.29) is 60.1 Å². The molecule has 2 heterocycles. The maximum atomic E-state index is 12.9. The van der Waals surface area contributed by atoms with Crippen LogP contribution in [0.4, 0.5) is 5.69 Å². The second kappa shape index (κ2) is 6.97. The Balaban J connectivity index is 1.85. The number of carbonyl (C=O) groups excluding carboxylic acids is 1. The first-order valence-corrected chi connectivity index (χ1v) is 11.3. The summed E-state index contributed by atoms with van der Waals surface area (Å²) in [6.07, 6.45) is 0. The molecule has 0 saturated carbocycles. The molecule has 3 rings (SSSR count). The van der Waals surface area contributed by atoms with E-state index in [0.29, 0.717) is 5.69 Å². The SMILES string of the molecule is CCS(=O)(=O)N1CCN(S(=O)(=O)c2cc3c(cc2Cl)NC(=O)CO3)CC1. The Labute approximate surface area is 157 Å². The van der Waals surface area contributed by atoms with Gasteiger partial charge in [0.05, 0.1) is 16.5 Å². The average Bonchev–Trinajstić information content (AvgIpc) is 2.61. The van der Waals surface area contributed by atoms with Gasteiger partial charge in [-0.25, -0.2) is 16.8 Å². The first-order valence-electron chi connectivity index (χ1n) is 7.89. The first kappa shape index (κ1) is 19.4. The molecule has 0 unspecified atom stereocenters. The number of nitrogens with one attached hydrogen (secondary N) is 1. The molecule has 144 valence electrons. The van der Waals surface area contributed by atoms with E-state index in [4.69, 9.17) is 16.3 Å². The number of hydrogen-bond donors (Lipinski definition) is 1. The van der Waals surface area contributed by atoms with Crippen LogP contribution in [0.5, 0.6) is 5.75 Å². The van der Waals surface area contributed by atoms with Gasteiger partial charge in [0, 0.05) is 32.2 Å². The number of hydrogen-bond acceptors (Lipinski definition) is 6. The highest BCUT2D eigenvalue weighted by Gasteiger charge is 2.34. The molecule has 2 aliphatic heterocycles. The van der Waals surface area contributed by atoms with Crippen molar-refractivity contribution in [3.8, 4) is 5.75 Å². The number of nitrogens with zero attached hydrogens (tertiary/aromatic N) is 2. The van der Waals surface area contributed by atoms with E-state index in [2.05, 4.69) is 5.32 Å². The highest BCUT2D eigenvalue weighted by atomic mass is 35.5. The number of sulfonamides is 2. The minimum atomic E-state index is -3.93. The monoisotopic (exact) mass is 423 g/mol. The van der Waals surface area contributed by atoms with Gasteiger partial charge in [-0.15, -0.1) is 0 Å². The minimum absolute atomic E-state index is 0.0283. The second-order valence-electron chi connectivity index (χ2n) is 5.82. The Bertz CT molecular complexity index is 940. The highest BCUT2D eigenvalue weighted by molar-refractivity contribution is 7.89. The molecule has 1 aromatic carbocycles. The van der Waals surface area contributed by atoms with Crippen LogP contribution < -0.4 is 10.1 Å². The summed E-state index contributed by atoms with van der Waals surface area (Å²) >= 11 is 6.12. The van der Waals surface area contributed by atoms with Gasteiger partial charge in [0.25, 0.3) is 5.91 Å². The molecule has 0 aromatic heterocycles. The van der Waals surface area contributed by atoms with Crippen LogP contribution >= 0.6 is 11.6 Å². The zero-order valence-electron chi connectivity index (χ0n) is 13.9. The van der Waals surface area contributed by atoms with Crippen LogP contribution in [-0.2, 0) is 24.8 Å². The van der Waals surface area contributed by atoms with Crippen LogP contribution in [0.2, 0.25) is 5.02 Å². The van der Waals surface area contributed by atoms with Gasteiger partial charge in [-0.2, -0.15) is 8.61 Å². The summed E-state index contributed by atoms with van der Waals surface area (Å²) in [5.41, 5.74) is 0.309. The second-order valence-corrected chi connectivity index (χ2v) is 10.4. The number of carbonyl (C=O) groups is 1. The molecule has 26 heavy (non-hydrogen) atoms. The zero-order valence-corrected chi connectivity index (χ0v) is 16.3. The van der Waals surface area contributed by atoms with Crippen molar-refractivity contribution in [2.75, 3.05) is 43.9 Å². The van der Waals surface area contributed by atoms with Crippen LogP contribution in [0.1, 0.15) is 6.92 Å². The molecule has 0 bridgehead atoms. The van der Waals surface area contributed by atoms with Crippen molar-refractivity contribution in [3.05, 3.63) is 17.2 Å². The average molecular weight is 424 g/mol.